The average Bonchev–Trinajstić information content (AvgIpc) is 2.64. The van der Waals surface area contributed by atoms with Gasteiger partial charge in [0.2, 0.25) is 0 Å². The third-order valence-corrected chi connectivity index (χ3v) is 3.22. The second-order valence-corrected chi connectivity index (χ2v) is 5.66. The third kappa shape index (κ3) is 4.92. The van der Waals surface area contributed by atoms with Crippen molar-refractivity contribution >= 4 is 17.6 Å². The van der Waals surface area contributed by atoms with Crippen molar-refractivity contribution in [2.24, 2.45) is 5.92 Å². The second kappa shape index (κ2) is 7.60. The van der Waals surface area contributed by atoms with Crippen LogP contribution in [0.4, 0.5) is 5.82 Å². The van der Waals surface area contributed by atoms with Crippen molar-refractivity contribution < 1.29 is 0 Å². The normalized spacial score (nSPS) is 11.0. The largest absolute Gasteiger partial charge is 0.370 e. The van der Waals surface area contributed by atoms with Crippen LogP contribution < -0.4 is 5.32 Å². The number of nitrogens with one attached hydrogen (secondary N) is 1. The first-order chi connectivity index (χ1) is 7.74. The minimum Gasteiger partial charge on any atom is -0.370 e. The molecule has 1 N–H and O–H groups in total. The van der Waals surface area contributed by atoms with Crippen LogP contribution in [0, 0.1) is 5.92 Å². The molecule has 3 nitrogen and oxygen atoms in total. The van der Waals surface area contributed by atoms with Crippen LogP contribution in [0.15, 0.2) is 12.3 Å². The molecule has 1 rings (SSSR count). The van der Waals surface area contributed by atoms with Gasteiger partial charge in [0.05, 0.1) is 6.20 Å². The van der Waals surface area contributed by atoms with Crippen LogP contribution in [0.3, 0.4) is 0 Å². The number of nitrogens with zero attached hydrogens (tertiary/aromatic N) is 2. The Morgan fingerprint density at radius 2 is 2.31 bits per heavy atom. The molecule has 0 atom stereocenters. The molecule has 0 radical (unpaired) electrons. The van der Waals surface area contributed by atoms with Crippen LogP contribution in [0.1, 0.15) is 27.2 Å². The van der Waals surface area contributed by atoms with Crippen molar-refractivity contribution in [3.63, 3.8) is 0 Å². The lowest BCUT2D eigenvalue weighted by atomic mass is 10.2. The number of anilines is 1. The zero-order valence-electron chi connectivity index (χ0n) is 10.6. The van der Waals surface area contributed by atoms with E-state index >= 15 is 0 Å². The van der Waals surface area contributed by atoms with Crippen LogP contribution in [-0.2, 0) is 6.54 Å². The van der Waals surface area contributed by atoms with Gasteiger partial charge in [-0.2, -0.15) is 16.9 Å². The summed E-state index contributed by atoms with van der Waals surface area (Å²) in [6, 6.07) is 2.05. The highest BCUT2D eigenvalue weighted by molar-refractivity contribution is 7.99. The maximum absolute atomic E-state index is 4.32. The Morgan fingerprint density at radius 1 is 1.50 bits per heavy atom. The monoisotopic (exact) mass is 241 g/mol. The van der Waals surface area contributed by atoms with Crippen molar-refractivity contribution in [3.8, 4) is 0 Å². The highest BCUT2D eigenvalue weighted by Gasteiger charge is 2.03. The SMILES string of the molecule is CCSCCCNc1ccnn1CC(C)C. The fourth-order valence-electron chi connectivity index (χ4n) is 1.51. The van der Waals surface area contributed by atoms with Gasteiger partial charge < -0.3 is 5.32 Å². The third-order valence-electron chi connectivity index (χ3n) is 2.23. The van der Waals surface area contributed by atoms with E-state index in [4.69, 9.17) is 0 Å². The second-order valence-electron chi connectivity index (χ2n) is 4.27. The van der Waals surface area contributed by atoms with Gasteiger partial charge >= 0.3 is 0 Å². The zero-order valence-corrected chi connectivity index (χ0v) is 11.4. The standard InChI is InChI=1S/C12H23N3S/c1-4-16-9-5-7-13-12-6-8-14-15(12)10-11(2)3/h6,8,11,13H,4-5,7,9-10H2,1-3H3. The van der Waals surface area contributed by atoms with E-state index < -0.39 is 0 Å². The lowest BCUT2D eigenvalue weighted by Crippen LogP contribution is -2.12. The molecule has 0 saturated carbocycles. The summed E-state index contributed by atoms with van der Waals surface area (Å²) in [5.74, 6) is 4.24. The molecular weight excluding hydrogens is 218 g/mol. The minimum absolute atomic E-state index is 0.635. The molecule has 0 unspecified atom stereocenters. The lowest BCUT2D eigenvalue weighted by Gasteiger charge is -2.11. The Hall–Kier alpha value is -0.640. The first kappa shape index (κ1) is 13.4. The Labute approximate surface area is 103 Å². The summed E-state index contributed by atoms with van der Waals surface area (Å²) in [4.78, 5) is 0. The Kier molecular flexibility index (Phi) is 6.38. The van der Waals surface area contributed by atoms with Crippen molar-refractivity contribution in [1.29, 1.82) is 0 Å². The molecule has 0 saturated heterocycles. The number of thioether (sulfide) groups is 1. The Morgan fingerprint density at radius 3 is 3.00 bits per heavy atom. The molecule has 0 bridgehead atoms. The summed E-state index contributed by atoms with van der Waals surface area (Å²) in [6.45, 7) is 8.65. The maximum Gasteiger partial charge on any atom is 0.124 e. The van der Waals surface area contributed by atoms with E-state index in [-0.39, 0.29) is 0 Å². The molecule has 92 valence electrons. The van der Waals surface area contributed by atoms with E-state index in [1.54, 1.807) is 0 Å². The van der Waals surface area contributed by atoms with Crippen LogP contribution in [-0.4, -0.2) is 27.8 Å². The zero-order chi connectivity index (χ0) is 11.8. The maximum atomic E-state index is 4.32. The topological polar surface area (TPSA) is 29.9 Å². The first-order valence-corrected chi connectivity index (χ1v) is 7.23. The highest BCUT2D eigenvalue weighted by Crippen LogP contribution is 2.09. The summed E-state index contributed by atoms with van der Waals surface area (Å²) >= 11 is 2.00. The predicted octanol–water partition coefficient (Wildman–Crippen LogP) is 3.09. The molecule has 0 aliphatic heterocycles. The van der Waals surface area contributed by atoms with Gasteiger partial charge in [-0.3, -0.25) is 0 Å². The van der Waals surface area contributed by atoms with Gasteiger partial charge in [-0.15, -0.1) is 0 Å². The van der Waals surface area contributed by atoms with Gasteiger partial charge in [-0.25, -0.2) is 4.68 Å². The summed E-state index contributed by atoms with van der Waals surface area (Å²) in [5.41, 5.74) is 0. The van der Waals surface area contributed by atoms with Crippen molar-refractivity contribution in [2.75, 3.05) is 23.4 Å². The molecule has 0 aliphatic rings. The van der Waals surface area contributed by atoms with Crippen LogP contribution in [0.2, 0.25) is 0 Å². The molecule has 4 heteroatoms. The van der Waals surface area contributed by atoms with E-state index in [1.807, 2.05) is 18.0 Å². The fourth-order valence-corrected chi connectivity index (χ4v) is 2.15. The molecule has 1 aromatic rings. The van der Waals surface area contributed by atoms with Crippen molar-refractivity contribution in [1.82, 2.24) is 9.78 Å². The molecule has 0 aromatic carbocycles. The number of hydrogen-bond donors (Lipinski definition) is 1. The summed E-state index contributed by atoms with van der Waals surface area (Å²) < 4.78 is 2.05. The lowest BCUT2D eigenvalue weighted by molar-refractivity contribution is 0.487. The smallest absolute Gasteiger partial charge is 0.124 e. The number of hydrogen-bond acceptors (Lipinski definition) is 3. The highest BCUT2D eigenvalue weighted by atomic mass is 32.2. The van der Waals surface area contributed by atoms with Gasteiger partial charge in [-0.05, 0) is 23.8 Å². The van der Waals surface area contributed by atoms with Gasteiger partial charge in [-0.1, -0.05) is 20.8 Å². The van der Waals surface area contributed by atoms with Gasteiger partial charge in [0.25, 0.3) is 0 Å². The molecule has 1 heterocycles. The fraction of sp³-hybridized carbons (Fsp3) is 0.750. The predicted molar refractivity (Wildman–Crippen MR) is 73.2 cm³/mol. The van der Waals surface area contributed by atoms with Crippen molar-refractivity contribution in [2.45, 2.75) is 33.7 Å². The average molecular weight is 241 g/mol. The summed E-state index contributed by atoms with van der Waals surface area (Å²) in [7, 11) is 0. The first-order valence-electron chi connectivity index (χ1n) is 6.07. The molecule has 16 heavy (non-hydrogen) atoms. The molecular formula is C12H23N3S. The van der Waals surface area contributed by atoms with Crippen LogP contribution >= 0.6 is 11.8 Å². The minimum atomic E-state index is 0.635. The van der Waals surface area contributed by atoms with E-state index in [9.17, 15) is 0 Å². The van der Waals surface area contributed by atoms with Crippen LogP contribution in [0.5, 0.6) is 0 Å². The van der Waals surface area contributed by atoms with E-state index in [1.165, 1.54) is 17.9 Å². The van der Waals surface area contributed by atoms with E-state index in [0.717, 1.165) is 18.9 Å². The Balaban J connectivity index is 2.27. The van der Waals surface area contributed by atoms with E-state index in [0.29, 0.717) is 5.92 Å². The molecule has 1 aromatic heterocycles. The molecule has 0 fully saturated rings. The van der Waals surface area contributed by atoms with E-state index in [2.05, 4.69) is 41.9 Å². The molecule has 0 aliphatic carbocycles. The van der Waals surface area contributed by atoms with Gasteiger partial charge in [0.1, 0.15) is 5.82 Å². The molecule has 0 amide bonds. The Bertz CT molecular complexity index is 284. The summed E-state index contributed by atoms with van der Waals surface area (Å²) in [6.07, 6.45) is 3.08. The van der Waals surface area contributed by atoms with Gasteiger partial charge in [0.15, 0.2) is 0 Å². The van der Waals surface area contributed by atoms with Crippen molar-refractivity contribution in [3.05, 3.63) is 12.3 Å². The van der Waals surface area contributed by atoms with Crippen LogP contribution in [0.25, 0.3) is 0 Å². The quantitative estimate of drug-likeness (QED) is 0.709. The van der Waals surface area contributed by atoms with Gasteiger partial charge in [0, 0.05) is 19.2 Å². The molecule has 0 spiro atoms. The summed E-state index contributed by atoms with van der Waals surface area (Å²) in [5, 5.41) is 7.77. The number of aromatic nitrogens is 2. The number of rotatable bonds is 8.